The molecule has 3 heteroatoms. The third kappa shape index (κ3) is 2.35. The largest absolute Gasteiger partial charge is 0.478 e. The Morgan fingerprint density at radius 3 is 2.33 bits per heavy atom. The van der Waals surface area contributed by atoms with E-state index in [1.165, 1.54) is 0 Å². The smallest absolute Gasteiger partial charge is 0.337 e. The van der Waals surface area contributed by atoms with E-state index in [0.717, 1.165) is 16.8 Å². The zero-order valence-electron chi connectivity index (χ0n) is 10.4. The molecule has 2 rings (SSSR count). The van der Waals surface area contributed by atoms with Crippen LogP contribution in [0.5, 0.6) is 0 Å². The van der Waals surface area contributed by atoms with E-state index in [2.05, 4.69) is 5.32 Å². The zero-order valence-corrected chi connectivity index (χ0v) is 10.4. The monoisotopic (exact) mass is 241 g/mol. The number of carboxylic acid groups (broad SMARTS) is 1. The minimum atomic E-state index is -0.921. The first kappa shape index (κ1) is 12.2. The van der Waals surface area contributed by atoms with Gasteiger partial charge in [0.15, 0.2) is 0 Å². The first-order valence-corrected chi connectivity index (χ1v) is 5.75. The normalized spacial score (nSPS) is 10.1. The molecule has 0 aliphatic carbocycles. The number of nitrogens with one attached hydrogen (secondary N) is 1. The Labute approximate surface area is 106 Å². The molecular formula is C15H15NO2. The van der Waals surface area contributed by atoms with Gasteiger partial charge >= 0.3 is 5.97 Å². The van der Waals surface area contributed by atoms with Gasteiger partial charge in [-0.05, 0) is 37.1 Å². The highest BCUT2D eigenvalue weighted by Gasteiger charge is 2.12. The lowest BCUT2D eigenvalue weighted by Crippen LogP contribution is -2.05. The van der Waals surface area contributed by atoms with Crippen molar-refractivity contribution in [2.24, 2.45) is 0 Å². The molecule has 0 fully saturated rings. The summed E-state index contributed by atoms with van der Waals surface area (Å²) in [5.74, 6) is -0.921. The van der Waals surface area contributed by atoms with Crippen molar-refractivity contribution in [2.45, 2.75) is 13.8 Å². The second-order valence-electron chi connectivity index (χ2n) is 4.24. The molecule has 0 spiro atoms. The Balaban J connectivity index is 2.46. The predicted octanol–water partition coefficient (Wildman–Crippen LogP) is 3.75. The van der Waals surface area contributed by atoms with Gasteiger partial charge in [-0.15, -0.1) is 0 Å². The fourth-order valence-electron chi connectivity index (χ4n) is 1.86. The number of carboxylic acids is 1. The molecule has 0 unspecified atom stereocenters. The number of benzene rings is 2. The van der Waals surface area contributed by atoms with E-state index in [1.54, 1.807) is 12.1 Å². The number of aromatic carboxylic acids is 1. The van der Waals surface area contributed by atoms with E-state index in [1.807, 2.05) is 44.2 Å². The molecular weight excluding hydrogens is 226 g/mol. The topological polar surface area (TPSA) is 49.3 Å². The summed E-state index contributed by atoms with van der Waals surface area (Å²) >= 11 is 0. The maximum absolute atomic E-state index is 11.2. The molecule has 0 aliphatic heterocycles. The number of rotatable bonds is 3. The quantitative estimate of drug-likeness (QED) is 0.860. The van der Waals surface area contributed by atoms with Crippen molar-refractivity contribution in [1.29, 1.82) is 0 Å². The summed E-state index contributed by atoms with van der Waals surface area (Å²) in [5, 5.41) is 12.4. The lowest BCUT2D eigenvalue weighted by Gasteiger charge is -2.14. The third-order valence-electron chi connectivity index (χ3n) is 2.91. The number of aryl methyl sites for hydroxylation is 2. The van der Waals surface area contributed by atoms with Crippen molar-refractivity contribution in [2.75, 3.05) is 5.32 Å². The summed E-state index contributed by atoms with van der Waals surface area (Å²) in [6.07, 6.45) is 0. The van der Waals surface area contributed by atoms with Gasteiger partial charge in [0, 0.05) is 5.69 Å². The number of para-hydroxylation sites is 2. The van der Waals surface area contributed by atoms with Gasteiger partial charge in [-0.1, -0.05) is 30.3 Å². The van der Waals surface area contributed by atoms with Gasteiger partial charge in [0.2, 0.25) is 0 Å². The molecule has 0 saturated heterocycles. The molecule has 0 saturated carbocycles. The van der Waals surface area contributed by atoms with Gasteiger partial charge < -0.3 is 10.4 Å². The molecule has 0 atom stereocenters. The van der Waals surface area contributed by atoms with E-state index in [9.17, 15) is 9.90 Å². The van der Waals surface area contributed by atoms with Crippen LogP contribution in [0, 0.1) is 13.8 Å². The average Bonchev–Trinajstić information content (AvgIpc) is 2.34. The van der Waals surface area contributed by atoms with E-state index in [0.29, 0.717) is 11.3 Å². The van der Waals surface area contributed by atoms with Gasteiger partial charge in [-0.25, -0.2) is 4.79 Å². The van der Waals surface area contributed by atoms with Crippen LogP contribution < -0.4 is 5.32 Å². The highest BCUT2D eigenvalue weighted by Crippen LogP contribution is 2.26. The Morgan fingerprint density at radius 1 is 1.00 bits per heavy atom. The maximum Gasteiger partial charge on any atom is 0.337 e. The van der Waals surface area contributed by atoms with Crippen LogP contribution in [-0.2, 0) is 0 Å². The van der Waals surface area contributed by atoms with Gasteiger partial charge in [0.05, 0.1) is 11.3 Å². The van der Waals surface area contributed by atoms with Crippen molar-refractivity contribution in [1.82, 2.24) is 0 Å². The van der Waals surface area contributed by atoms with Crippen LogP contribution in [0.4, 0.5) is 11.4 Å². The van der Waals surface area contributed by atoms with Crippen molar-refractivity contribution in [3.8, 4) is 0 Å². The number of hydrogen-bond donors (Lipinski definition) is 2. The molecule has 0 radical (unpaired) electrons. The van der Waals surface area contributed by atoms with Crippen molar-refractivity contribution >= 4 is 17.3 Å². The molecule has 92 valence electrons. The molecule has 0 heterocycles. The Kier molecular flexibility index (Phi) is 3.33. The van der Waals surface area contributed by atoms with Gasteiger partial charge in [0.1, 0.15) is 0 Å². The molecule has 18 heavy (non-hydrogen) atoms. The SMILES string of the molecule is Cc1ccccc1Nc1c(C)cccc1C(=O)O. The highest BCUT2D eigenvalue weighted by atomic mass is 16.4. The highest BCUT2D eigenvalue weighted by molar-refractivity contribution is 5.96. The number of hydrogen-bond acceptors (Lipinski definition) is 2. The molecule has 2 N–H and O–H groups in total. The Morgan fingerprint density at radius 2 is 1.67 bits per heavy atom. The van der Waals surface area contributed by atoms with Crippen LogP contribution in [0.2, 0.25) is 0 Å². The minimum Gasteiger partial charge on any atom is -0.478 e. The third-order valence-corrected chi connectivity index (χ3v) is 2.91. The van der Waals surface area contributed by atoms with Gasteiger partial charge in [-0.3, -0.25) is 0 Å². The van der Waals surface area contributed by atoms with Crippen molar-refractivity contribution in [3.05, 3.63) is 59.2 Å². The summed E-state index contributed by atoms with van der Waals surface area (Å²) in [6.45, 7) is 3.88. The standard InChI is InChI=1S/C15H15NO2/c1-10-6-3-4-9-13(10)16-14-11(2)7-5-8-12(14)15(17)18/h3-9,16H,1-2H3,(H,17,18). The molecule has 2 aromatic carbocycles. The second kappa shape index (κ2) is 4.92. The van der Waals surface area contributed by atoms with E-state index in [4.69, 9.17) is 0 Å². The first-order chi connectivity index (χ1) is 8.59. The van der Waals surface area contributed by atoms with Crippen LogP contribution in [-0.4, -0.2) is 11.1 Å². The maximum atomic E-state index is 11.2. The summed E-state index contributed by atoms with van der Waals surface area (Å²) in [4.78, 5) is 11.2. The Bertz CT molecular complexity index is 591. The van der Waals surface area contributed by atoms with Crippen LogP contribution in [0.1, 0.15) is 21.5 Å². The summed E-state index contributed by atoms with van der Waals surface area (Å²) in [6, 6.07) is 13.1. The molecule has 0 amide bonds. The second-order valence-corrected chi connectivity index (χ2v) is 4.24. The van der Waals surface area contributed by atoms with Crippen LogP contribution in [0.15, 0.2) is 42.5 Å². The summed E-state index contributed by atoms with van der Waals surface area (Å²) in [5.41, 5.74) is 3.86. The molecule has 2 aromatic rings. The molecule has 3 nitrogen and oxygen atoms in total. The fourth-order valence-corrected chi connectivity index (χ4v) is 1.86. The van der Waals surface area contributed by atoms with Gasteiger partial charge in [-0.2, -0.15) is 0 Å². The molecule has 0 aromatic heterocycles. The minimum absolute atomic E-state index is 0.290. The van der Waals surface area contributed by atoms with E-state index < -0.39 is 5.97 Å². The van der Waals surface area contributed by atoms with E-state index >= 15 is 0 Å². The molecule has 0 bridgehead atoms. The zero-order chi connectivity index (χ0) is 13.1. The van der Waals surface area contributed by atoms with Crippen LogP contribution in [0.25, 0.3) is 0 Å². The summed E-state index contributed by atoms with van der Waals surface area (Å²) in [7, 11) is 0. The molecule has 0 aliphatic rings. The van der Waals surface area contributed by atoms with Crippen LogP contribution >= 0.6 is 0 Å². The van der Waals surface area contributed by atoms with E-state index in [-0.39, 0.29) is 0 Å². The fraction of sp³-hybridized carbons (Fsp3) is 0.133. The summed E-state index contributed by atoms with van der Waals surface area (Å²) < 4.78 is 0. The number of carbonyl (C=O) groups is 1. The lowest BCUT2D eigenvalue weighted by atomic mass is 10.1. The predicted molar refractivity (Wildman–Crippen MR) is 72.6 cm³/mol. The average molecular weight is 241 g/mol. The van der Waals surface area contributed by atoms with Crippen molar-refractivity contribution in [3.63, 3.8) is 0 Å². The van der Waals surface area contributed by atoms with Crippen molar-refractivity contribution < 1.29 is 9.90 Å². The van der Waals surface area contributed by atoms with Crippen LogP contribution in [0.3, 0.4) is 0 Å². The lowest BCUT2D eigenvalue weighted by molar-refractivity contribution is 0.0698. The Hall–Kier alpha value is -2.29. The van der Waals surface area contributed by atoms with Gasteiger partial charge in [0.25, 0.3) is 0 Å². The number of anilines is 2. The first-order valence-electron chi connectivity index (χ1n) is 5.75.